The van der Waals surface area contributed by atoms with Crippen molar-refractivity contribution >= 4 is 23.6 Å². The lowest BCUT2D eigenvalue weighted by Crippen LogP contribution is -2.34. The molecular weight excluding hydrogens is 458 g/mol. The zero-order chi connectivity index (χ0) is 24.8. The highest BCUT2D eigenvalue weighted by atomic mass is 35.5. The molecule has 4 rings (SSSR count). The molecule has 1 fully saturated rings. The summed E-state index contributed by atoms with van der Waals surface area (Å²) in [5.74, 6) is 0.521. The van der Waals surface area contributed by atoms with Crippen molar-refractivity contribution in [3.63, 3.8) is 0 Å². The third-order valence-electron chi connectivity index (χ3n) is 7.09. The molecule has 1 aliphatic rings. The number of benzene rings is 2. The van der Waals surface area contributed by atoms with Gasteiger partial charge < -0.3 is 10.0 Å². The number of halogens is 1. The molecular formula is C29H32ClN3O2. The average molecular weight is 490 g/mol. The Balaban J connectivity index is 1.62. The maximum absolute atomic E-state index is 10.8. The number of carbonyl (C=O) groups is 1. The highest BCUT2D eigenvalue weighted by Crippen LogP contribution is 2.35. The Hall–Kier alpha value is -3.02. The van der Waals surface area contributed by atoms with Crippen molar-refractivity contribution < 1.29 is 10.0 Å². The third kappa shape index (κ3) is 6.16. The van der Waals surface area contributed by atoms with Crippen LogP contribution in [0.15, 0.2) is 65.9 Å². The Morgan fingerprint density at radius 2 is 1.89 bits per heavy atom. The predicted octanol–water partition coefficient (Wildman–Crippen LogP) is 6.13. The fraction of sp³-hybridized carbons (Fsp3) is 0.345. The van der Waals surface area contributed by atoms with Gasteiger partial charge in [-0.1, -0.05) is 47.1 Å². The summed E-state index contributed by atoms with van der Waals surface area (Å²) in [4.78, 5) is 17.3. The number of piperidine rings is 1. The SMILES string of the molecule is Cc1cc(/C(C[C@H](c2ccc(C3CCN(CC=O)CC3)cc2)c2ccc(Cl)cc2C)=N/O)ccn1. The van der Waals surface area contributed by atoms with Crippen molar-refractivity contribution in [2.75, 3.05) is 19.6 Å². The summed E-state index contributed by atoms with van der Waals surface area (Å²) in [6.45, 7) is 6.45. The minimum Gasteiger partial charge on any atom is -0.411 e. The molecule has 182 valence electrons. The number of nitrogens with zero attached hydrogens (tertiary/aromatic N) is 3. The maximum atomic E-state index is 10.8. The second-order valence-electron chi connectivity index (χ2n) is 9.40. The Morgan fingerprint density at radius 1 is 1.14 bits per heavy atom. The number of aryl methyl sites for hydroxylation is 2. The lowest BCUT2D eigenvalue weighted by Gasteiger charge is -2.31. The van der Waals surface area contributed by atoms with E-state index in [0.717, 1.165) is 54.6 Å². The number of rotatable bonds is 8. The zero-order valence-electron chi connectivity index (χ0n) is 20.3. The first-order valence-corrected chi connectivity index (χ1v) is 12.5. The Bertz CT molecular complexity index is 1180. The first-order valence-electron chi connectivity index (χ1n) is 12.1. The van der Waals surface area contributed by atoms with Gasteiger partial charge in [-0.05, 0) is 92.2 Å². The summed E-state index contributed by atoms with van der Waals surface area (Å²) in [5, 5.41) is 14.3. The van der Waals surface area contributed by atoms with Crippen LogP contribution in [-0.2, 0) is 4.79 Å². The van der Waals surface area contributed by atoms with Gasteiger partial charge in [0.25, 0.3) is 0 Å². The van der Waals surface area contributed by atoms with Gasteiger partial charge in [-0.15, -0.1) is 0 Å². The first-order chi connectivity index (χ1) is 17.0. The van der Waals surface area contributed by atoms with E-state index in [9.17, 15) is 10.0 Å². The van der Waals surface area contributed by atoms with Gasteiger partial charge in [0.1, 0.15) is 6.29 Å². The second kappa shape index (κ2) is 11.6. The van der Waals surface area contributed by atoms with E-state index in [1.165, 1.54) is 11.1 Å². The summed E-state index contributed by atoms with van der Waals surface area (Å²) < 4.78 is 0. The molecule has 2 heterocycles. The van der Waals surface area contributed by atoms with E-state index in [0.29, 0.717) is 29.6 Å². The molecule has 0 saturated carbocycles. The number of pyridine rings is 1. The Morgan fingerprint density at radius 3 is 2.51 bits per heavy atom. The van der Waals surface area contributed by atoms with E-state index < -0.39 is 0 Å². The summed E-state index contributed by atoms with van der Waals surface area (Å²) in [6.07, 6.45) is 5.41. The summed E-state index contributed by atoms with van der Waals surface area (Å²) in [7, 11) is 0. The maximum Gasteiger partial charge on any atom is 0.133 e. The molecule has 5 nitrogen and oxygen atoms in total. The minimum atomic E-state index is 0.00938. The van der Waals surface area contributed by atoms with Crippen LogP contribution >= 0.6 is 11.6 Å². The summed E-state index contributed by atoms with van der Waals surface area (Å²) in [6, 6.07) is 18.7. The first kappa shape index (κ1) is 25.1. The van der Waals surface area contributed by atoms with Crippen LogP contribution in [0.2, 0.25) is 5.02 Å². The fourth-order valence-corrected chi connectivity index (χ4v) is 5.35. The molecule has 1 atom stereocenters. The molecule has 1 N–H and O–H groups in total. The topological polar surface area (TPSA) is 65.8 Å². The monoisotopic (exact) mass is 489 g/mol. The molecule has 0 radical (unpaired) electrons. The summed E-state index contributed by atoms with van der Waals surface area (Å²) >= 11 is 6.26. The number of hydrogen-bond donors (Lipinski definition) is 1. The lowest BCUT2D eigenvalue weighted by atomic mass is 9.82. The molecule has 1 aliphatic heterocycles. The number of likely N-dealkylation sites (tertiary alicyclic amines) is 1. The molecule has 0 amide bonds. The predicted molar refractivity (Wildman–Crippen MR) is 141 cm³/mol. The highest BCUT2D eigenvalue weighted by Gasteiger charge is 2.23. The van der Waals surface area contributed by atoms with E-state index >= 15 is 0 Å². The number of aromatic nitrogens is 1. The molecule has 1 aromatic heterocycles. The standard InChI is InChI=1S/C29H32ClN3O2/c1-20-17-26(30)7-8-27(20)28(19-29(32-35)25-9-12-31-21(2)18-25)24-5-3-22(4-6-24)23-10-13-33(14-11-23)15-16-34/h3-9,12,16-18,23,28,35H,10-11,13-15,19H2,1-2H3/b32-29+/t28-/m1/s1. The molecule has 35 heavy (non-hydrogen) atoms. The quantitative estimate of drug-likeness (QED) is 0.179. The molecule has 0 aliphatic carbocycles. The van der Waals surface area contributed by atoms with Gasteiger partial charge in [-0.25, -0.2) is 0 Å². The van der Waals surface area contributed by atoms with Gasteiger partial charge in [0.05, 0.1) is 12.3 Å². The van der Waals surface area contributed by atoms with E-state index in [4.69, 9.17) is 11.6 Å². The number of hydrogen-bond acceptors (Lipinski definition) is 5. The highest BCUT2D eigenvalue weighted by molar-refractivity contribution is 6.30. The van der Waals surface area contributed by atoms with E-state index in [1.54, 1.807) is 6.20 Å². The largest absolute Gasteiger partial charge is 0.411 e. The lowest BCUT2D eigenvalue weighted by molar-refractivity contribution is -0.109. The summed E-state index contributed by atoms with van der Waals surface area (Å²) in [5.41, 5.74) is 7.16. The number of oxime groups is 1. The van der Waals surface area contributed by atoms with Crippen LogP contribution in [0.1, 0.15) is 64.6 Å². The van der Waals surface area contributed by atoms with Crippen LogP contribution in [0.25, 0.3) is 0 Å². The fourth-order valence-electron chi connectivity index (χ4n) is 5.13. The van der Waals surface area contributed by atoms with Crippen molar-refractivity contribution in [2.45, 2.75) is 44.9 Å². The van der Waals surface area contributed by atoms with Crippen molar-refractivity contribution in [3.8, 4) is 0 Å². The van der Waals surface area contributed by atoms with Crippen molar-refractivity contribution in [1.29, 1.82) is 0 Å². The van der Waals surface area contributed by atoms with Crippen molar-refractivity contribution in [2.24, 2.45) is 5.16 Å². The number of aldehydes is 1. The van der Waals surface area contributed by atoms with Gasteiger partial charge >= 0.3 is 0 Å². The Kier molecular flexibility index (Phi) is 8.32. The van der Waals surface area contributed by atoms with Gasteiger partial charge in [-0.3, -0.25) is 9.88 Å². The second-order valence-corrected chi connectivity index (χ2v) is 9.83. The smallest absolute Gasteiger partial charge is 0.133 e. The molecule has 1 saturated heterocycles. The number of carbonyl (C=O) groups excluding carboxylic acids is 1. The van der Waals surface area contributed by atoms with Crippen LogP contribution in [0.4, 0.5) is 0 Å². The molecule has 0 unspecified atom stereocenters. The van der Waals surface area contributed by atoms with Crippen LogP contribution < -0.4 is 0 Å². The van der Waals surface area contributed by atoms with Crippen molar-refractivity contribution in [3.05, 3.63) is 99.3 Å². The molecule has 0 bridgehead atoms. The van der Waals surface area contributed by atoms with Gasteiger partial charge in [-0.2, -0.15) is 0 Å². The third-order valence-corrected chi connectivity index (χ3v) is 7.32. The van der Waals surface area contributed by atoms with Crippen LogP contribution in [0.3, 0.4) is 0 Å². The zero-order valence-corrected chi connectivity index (χ0v) is 21.1. The molecule has 6 heteroatoms. The van der Waals surface area contributed by atoms with Gasteiger partial charge in [0, 0.05) is 34.8 Å². The molecule has 2 aromatic carbocycles. The molecule has 3 aromatic rings. The minimum absolute atomic E-state index is 0.00938. The van der Waals surface area contributed by atoms with Crippen LogP contribution in [-0.4, -0.2) is 46.7 Å². The molecule has 0 spiro atoms. The van der Waals surface area contributed by atoms with Crippen LogP contribution in [0.5, 0.6) is 0 Å². The van der Waals surface area contributed by atoms with E-state index in [-0.39, 0.29) is 5.92 Å². The Labute approximate surface area is 212 Å². The normalized spacial score (nSPS) is 16.3. The van der Waals surface area contributed by atoms with Gasteiger partial charge in [0.2, 0.25) is 0 Å². The van der Waals surface area contributed by atoms with Gasteiger partial charge in [0.15, 0.2) is 0 Å². The van der Waals surface area contributed by atoms with E-state index in [1.807, 2.05) is 31.2 Å². The average Bonchev–Trinajstić information content (AvgIpc) is 2.86. The van der Waals surface area contributed by atoms with Crippen molar-refractivity contribution in [1.82, 2.24) is 9.88 Å². The van der Waals surface area contributed by atoms with Crippen LogP contribution in [0, 0.1) is 13.8 Å². The van der Waals surface area contributed by atoms with E-state index in [2.05, 4.69) is 52.3 Å².